The van der Waals surface area contributed by atoms with Crippen LogP contribution in [0.15, 0.2) is 122 Å². The number of allylic oxidation sites excluding steroid dienone is 20. The van der Waals surface area contributed by atoms with Gasteiger partial charge in [-0.15, -0.1) is 0 Å². The zero-order valence-electron chi connectivity index (χ0n) is 62.1. The Morgan fingerprint density at radius 3 is 0.848 bits per heavy atom. The number of hydrogen-bond acceptors (Lipinski definition) is 14. The number of aliphatic hydroxyl groups is 2. The van der Waals surface area contributed by atoms with Gasteiger partial charge in [0, 0.05) is 19.3 Å². The maximum absolute atomic E-state index is 12.9. The van der Waals surface area contributed by atoms with Gasteiger partial charge in [0.05, 0.1) is 26.4 Å². The fraction of sp³-hybridized carbons (Fsp3) is 0.716. The van der Waals surface area contributed by atoms with Crippen molar-refractivity contribution in [1.29, 1.82) is 0 Å². The minimum atomic E-state index is -4.94. The largest absolute Gasteiger partial charge is 0.472 e. The Kier molecular flexibility index (Phi) is 70.7. The predicted molar refractivity (Wildman–Crippen MR) is 408 cm³/mol. The summed E-state index contributed by atoms with van der Waals surface area (Å²) in [6.45, 7) is 2.49. The molecule has 0 rings (SSSR count). The molecular weight excluding hydrogens is 1290 g/mol. The van der Waals surface area contributed by atoms with Gasteiger partial charge in [0.15, 0.2) is 6.10 Å². The lowest BCUT2D eigenvalue weighted by atomic mass is 10.0. The van der Waals surface area contributed by atoms with E-state index in [-0.39, 0.29) is 19.3 Å². The highest BCUT2D eigenvalue weighted by atomic mass is 31.2. The van der Waals surface area contributed by atoms with Gasteiger partial charge in [0.1, 0.15) is 25.4 Å². The van der Waals surface area contributed by atoms with Crippen LogP contribution in [0.25, 0.3) is 0 Å². The first-order valence-electron chi connectivity index (χ1n) is 38.8. The van der Waals surface area contributed by atoms with Crippen LogP contribution in [-0.4, -0.2) is 95.9 Å². The number of unbranched alkanes of at least 4 members (excludes halogenated alkanes) is 30. The minimum absolute atomic E-state index is 0.0800. The van der Waals surface area contributed by atoms with Crippen molar-refractivity contribution in [1.82, 2.24) is 0 Å². The molecule has 0 aromatic heterocycles. The fourth-order valence-corrected chi connectivity index (χ4v) is 11.8. The SMILES string of the molecule is CC/C=C\C/C=C\C/C=C\CCCCCCCC(=O)OC(COC(=O)CCCCCCCC/C=C\C/C=C\C/C=C\CCCCC)COP(=O)(O)OCC(O)COP(=O)(O)OCC(O)COC(=O)CCCCCCCCCCCCCCC/C=C\C/C=C\C/C=C\C/C=C\CCCCC. The Hall–Kier alpha value is -4.05. The van der Waals surface area contributed by atoms with Crippen LogP contribution >= 0.6 is 15.6 Å². The summed E-state index contributed by atoms with van der Waals surface area (Å²) >= 11 is 0. The van der Waals surface area contributed by atoms with Gasteiger partial charge >= 0.3 is 33.6 Å². The second kappa shape index (κ2) is 73.7. The molecule has 0 heterocycles. The van der Waals surface area contributed by atoms with E-state index in [0.29, 0.717) is 19.3 Å². The quantitative estimate of drug-likeness (QED) is 0.0146. The van der Waals surface area contributed by atoms with Crippen molar-refractivity contribution in [3.05, 3.63) is 122 Å². The van der Waals surface area contributed by atoms with Gasteiger partial charge in [-0.1, -0.05) is 284 Å². The molecular formula is C81H140O16P2. The molecule has 18 heteroatoms. The topological polar surface area (TPSA) is 231 Å². The summed E-state index contributed by atoms with van der Waals surface area (Å²) in [4.78, 5) is 58.6. The molecule has 0 aliphatic heterocycles. The zero-order valence-corrected chi connectivity index (χ0v) is 63.9. The monoisotopic (exact) mass is 1430 g/mol. The van der Waals surface area contributed by atoms with E-state index in [0.717, 1.165) is 154 Å². The molecule has 0 radical (unpaired) electrons. The molecule has 0 saturated carbocycles. The van der Waals surface area contributed by atoms with E-state index in [4.69, 9.17) is 32.3 Å². The Morgan fingerprint density at radius 1 is 0.293 bits per heavy atom. The number of phosphoric acid groups is 2. The maximum Gasteiger partial charge on any atom is 0.472 e. The normalized spacial score (nSPS) is 14.7. The van der Waals surface area contributed by atoms with Gasteiger partial charge < -0.3 is 34.2 Å². The molecule has 0 aromatic rings. The standard InChI is InChI=1S/C81H140O16P2/c1-4-7-10-13-16-19-22-25-28-30-32-33-34-35-36-37-38-39-40-41-43-45-47-49-52-55-58-61-64-67-79(84)91-70-76(82)71-93-98(87,88)94-72-77(83)73-95-99(89,90)96-75-78(97-81(86)69-66-63-60-57-54-51-46-27-24-21-18-15-12-9-6-3)74-92-80(85)68-65-62-59-56-53-50-48-44-42-31-29-26-23-20-17-14-11-8-5-2/h9,12,16-21,25-29,32-33,35-36,42,44,46,76-78,82-83H,4-8,10-11,13-15,22-24,30-31,34,37-41,43,45,47-75H2,1-3H3,(H,87,88)(H,89,90)/b12-9-,19-16-,20-17-,21-18-,28-25-,29-26-,33-32-,36-35-,44-42-,46-27-. The second-order valence-corrected chi connectivity index (χ2v) is 28.7. The van der Waals surface area contributed by atoms with Crippen LogP contribution in [0.2, 0.25) is 0 Å². The third kappa shape index (κ3) is 74.9. The van der Waals surface area contributed by atoms with Crippen molar-refractivity contribution in [2.24, 2.45) is 0 Å². The van der Waals surface area contributed by atoms with Crippen molar-refractivity contribution in [3.63, 3.8) is 0 Å². The molecule has 4 N–H and O–H groups in total. The highest BCUT2D eigenvalue weighted by Gasteiger charge is 2.29. The van der Waals surface area contributed by atoms with E-state index < -0.39 is 91.5 Å². The lowest BCUT2D eigenvalue weighted by Gasteiger charge is -2.21. The van der Waals surface area contributed by atoms with Crippen molar-refractivity contribution >= 4 is 33.6 Å². The van der Waals surface area contributed by atoms with Crippen LogP contribution in [-0.2, 0) is 55.8 Å². The number of carbonyl (C=O) groups excluding carboxylic acids is 3. The zero-order chi connectivity index (χ0) is 72.3. The number of rotatable bonds is 73. The maximum atomic E-state index is 12.9. The molecule has 16 nitrogen and oxygen atoms in total. The highest BCUT2D eigenvalue weighted by molar-refractivity contribution is 7.47. The summed E-state index contributed by atoms with van der Waals surface area (Å²) in [5, 5.41) is 20.6. The van der Waals surface area contributed by atoms with Crippen LogP contribution in [0.3, 0.4) is 0 Å². The molecule has 570 valence electrons. The Labute approximate surface area is 602 Å². The van der Waals surface area contributed by atoms with E-state index in [1.54, 1.807) is 0 Å². The molecule has 0 amide bonds. The lowest BCUT2D eigenvalue weighted by Crippen LogP contribution is -2.30. The molecule has 0 saturated heterocycles. The Morgan fingerprint density at radius 2 is 0.535 bits per heavy atom. The van der Waals surface area contributed by atoms with Crippen LogP contribution in [0.1, 0.15) is 316 Å². The molecule has 0 bridgehead atoms. The van der Waals surface area contributed by atoms with E-state index >= 15 is 0 Å². The molecule has 99 heavy (non-hydrogen) atoms. The van der Waals surface area contributed by atoms with Gasteiger partial charge in [0.2, 0.25) is 0 Å². The number of hydrogen-bond donors (Lipinski definition) is 4. The summed E-state index contributed by atoms with van der Waals surface area (Å²) in [6, 6.07) is 0. The average Bonchev–Trinajstić information content (AvgIpc) is 1.40. The smallest absolute Gasteiger partial charge is 0.463 e. The molecule has 0 spiro atoms. The molecule has 0 aliphatic carbocycles. The first-order chi connectivity index (χ1) is 48.2. The molecule has 5 atom stereocenters. The van der Waals surface area contributed by atoms with Crippen LogP contribution in [0, 0.1) is 0 Å². The summed E-state index contributed by atoms with van der Waals surface area (Å²) in [5.74, 6) is -1.61. The molecule has 0 fully saturated rings. The summed E-state index contributed by atoms with van der Waals surface area (Å²) < 4.78 is 61.1. The number of ether oxygens (including phenoxy) is 3. The second-order valence-electron chi connectivity index (χ2n) is 25.8. The number of phosphoric ester groups is 2. The van der Waals surface area contributed by atoms with Crippen LogP contribution in [0.4, 0.5) is 0 Å². The van der Waals surface area contributed by atoms with Crippen molar-refractivity contribution in [3.8, 4) is 0 Å². The first kappa shape index (κ1) is 94.9. The summed E-state index contributed by atoms with van der Waals surface area (Å²) in [5.41, 5.74) is 0. The van der Waals surface area contributed by atoms with Crippen molar-refractivity contribution < 1.29 is 75.8 Å². The predicted octanol–water partition coefficient (Wildman–Crippen LogP) is 22.5. The van der Waals surface area contributed by atoms with E-state index in [1.165, 1.54) is 103 Å². The van der Waals surface area contributed by atoms with Gasteiger partial charge in [-0.25, -0.2) is 9.13 Å². The van der Waals surface area contributed by atoms with E-state index in [1.807, 2.05) is 0 Å². The van der Waals surface area contributed by atoms with Crippen molar-refractivity contribution in [2.45, 2.75) is 334 Å². The summed E-state index contributed by atoms with van der Waals surface area (Å²) in [7, 11) is -9.80. The average molecular weight is 1430 g/mol. The lowest BCUT2D eigenvalue weighted by molar-refractivity contribution is -0.161. The summed E-state index contributed by atoms with van der Waals surface area (Å²) in [6.07, 6.45) is 86.8. The highest BCUT2D eigenvalue weighted by Crippen LogP contribution is 2.45. The van der Waals surface area contributed by atoms with Gasteiger partial charge in [-0.3, -0.25) is 32.5 Å². The number of esters is 3. The van der Waals surface area contributed by atoms with E-state index in [2.05, 4.69) is 142 Å². The van der Waals surface area contributed by atoms with Gasteiger partial charge in [-0.05, 0) is 135 Å². The Balaban J connectivity index is 4.53. The molecule has 0 aromatic carbocycles. The number of carbonyl (C=O) groups is 3. The number of aliphatic hydroxyl groups excluding tert-OH is 2. The third-order valence-corrected chi connectivity index (χ3v) is 18.0. The van der Waals surface area contributed by atoms with Gasteiger partial charge in [0.25, 0.3) is 0 Å². The fourth-order valence-electron chi connectivity index (χ4n) is 10.2. The van der Waals surface area contributed by atoms with Crippen LogP contribution in [0.5, 0.6) is 0 Å². The molecule has 5 unspecified atom stereocenters. The first-order valence-corrected chi connectivity index (χ1v) is 41.8. The Bertz CT molecular complexity index is 2290. The molecule has 0 aliphatic rings. The van der Waals surface area contributed by atoms with Crippen molar-refractivity contribution in [2.75, 3.05) is 39.6 Å². The van der Waals surface area contributed by atoms with Crippen LogP contribution < -0.4 is 0 Å². The van der Waals surface area contributed by atoms with Gasteiger partial charge in [-0.2, -0.15) is 0 Å². The minimum Gasteiger partial charge on any atom is -0.463 e. The third-order valence-electron chi connectivity index (χ3n) is 16.1. The van der Waals surface area contributed by atoms with E-state index in [9.17, 15) is 43.5 Å².